The van der Waals surface area contributed by atoms with Crippen LogP contribution >= 0.6 is 11.6 Å². The Labute approximate surface area is 124 Å². The zero-order chi connectivity index (χ0) is 15.4. The third-order valence-corrected chi connectivity index (χ3v) is 4.03. The average Bonchev–Trinajstić information content (AvgIpc) is 2.70. The summed E-state index contributed by atoms with van der Waals surface area (Å²) in [7, 11) is 0. The molecule has 0 saturated heterocycles. The summed E-state index contributed by atoms with van der Waals surface area (Å²) in [5.74, 6) is 0. The number of hydrogen-bond acceptors (Lipinski definition) is 1. The van der Waals surface area contributed by atoms with E-state index in [0.29, 0.717) is 11.1 Å². The molecule has 0 unspecified atom stereocenters. The summed E-state index contributed by atoms with van der Waals surface area (Å²) in [5.41, 5.74) is -2.56. The van der Waals surface area contributed by atoms with E-state index in [2.05, 4.69) is 6.58 Å². The molecule has 1 N–H and O–H groups in total. The first-order valence-corrected chi connectivity index (χ1v) is 6.54. The van der Waals surface area contributed by atoms with Crippen molar-refractivity contribution in [3.63, 3.8) is 0 Å². The van der Waals surface area contributed by atoms with Crippen LogP contribution in [0.15, 0.2) is 43.0 Å². The maximum absolute atomic E-state index is 13.6. The van der Waals surface area contributed by atoms with Crippen molar-refractivity contribution in [2.24, 2.45) is 0 Å². The second kappa shape index (κ2) is 4.36. The number of fused-ring (bicyclic) bond motifs is 3. The first kappa shape index (κ1) is 14.2. The van der Waals surface area contributed by atoms with Crippen molar-refractivity contribution in [2.45, 2.75) is 11.8 Å². The third-order valence-electron chi connectivity index (χ3n) is 3.73. The van der Waals surface area contributed by atoms with E-state index in [1.54, 1.807) is 6.07 Å². The molecule has 1 atom stereocenters. The Morgan fingerprint density at radius 2 is 1.81 bits per heavy atom. The summed E-state index contributed by atoms with van der Waals surface area (Å²) in [6, 6.07) is 8.68. The normalized spacial score (nSPS) is 20.0. The number of halogens is 4. The van der Waals surface area contributed by atoms with Crippen molar-refractivity contribution in [3.05, 3.63) is 64.7 Å². The van der Waals surface area contributed by atoms with E-state index in [9.17, 15) is 18.3 Å². The molecule has 0 amide bonds. The standard InChI is InChI=1S/C16H10ClF3O/c1-2-9-7-12-14(13(17)8-9)10-5-3-4-6-11(10)15(12,21)16(18,19)20/h2-8,21H,1H2/t15-/m1/s1. The number of aliphatic hydroxyl groups is 1. The molecule has 0 aromatic heterocycles. The average molecular weight is 311 g/mol. The second-order valence-electron chi connectivity index (χ2n) is 4.88. The number of alkyl halides is 3. The molecule has 2 aromatic rings. The highest BCUT2D eigenvalue weighted by atomic mass is 35.5. The van der Waals surface area contributed by atoms with E-state index in [1.165, 1.54) is 36.4 Å². The van der Waals surface area contributed by atoms with Crippen LogP contribution in [0.25, 0.3) is 17.2 Å². The van der Waals surface area contributed by atoms with E-state index in [1.807, 2.05) is 0 Å². The monoisotopic (exact) mass is 310 g/mol. The van der Waals surface area contributed by atoms with Gasteiger partial charge in [-0.2, -0.15) is 13.2 Å². The van der Waals surface area contributed by atoms with Crippen LogP contribution < -0.4 is 0 Å². The van der Waals surface area contributed by atoms with Crippen LogP contribution in [0, 0.1) is 0 Å². The first-order chi connectivity index (χ1) is 9.80. The molecule has 21 heavy (non-hydrogen) atoms. The first-order valence-electron chi connectivity index (χ1n) is 6.16. The summed E-state index contributed by atoms with van der Waals surface area (Å²) in [6.45, 7) is 3.54. The summed E-state index contributed by atoms with van der Waals surface area (Å²) in [4.78, 5) is 0. The van der Waals surface area contributed by atoms with Crippen molar-refractivity contribution in [2.75, 3.05) is 0 Å². The Kier molecular flexibility index (Phi) is 2.94. The molecule has 0 spiro atoms. The van der Waals surface area contributed by atoms with Gasteiger partial charge in [-0.05, 0) is 23.3 Å². The van der Waals surface area contributed by atoms with Crippen LogP contribution in [-0.4, -0.2) is 11.3 Å². The maximum Gasteiger partial charge on any atom is 0.425 e. The van der Waals surface area contributed by atoms with Gasteiger partial charge in [0.15, 0.2) is 0 Å². The van der Waals surface area contributed by atoms with Gasteiger partial charge in [-0.3, -0.25) is 0 Å². The van der Waals surface area contributed by atoms with Gasteiger partial charge < -0.3 is 5.11 Å². The molecule has 0 heterocycles. The van der Waals surface area contributed by atoms with Gasteiger partial charge >= 0.3 is 6.18 Å². The summed E-state index contributed by atoms with van der Waals surface area (Å²) < 4.78 is 40.7. The molecular formula is C16H10ClF3O. The largest absolute Gasteiger partial charge is 0.425 e. The van der Waals surface area contributed by atoms with Crippen molar-refractivity contribution in [3.8, 4) is 11.1 Å². The summed E-state index contributed by atoms with van der Waals surface area (Å²) in [5, 5.41) is 10.6. The lowest BCUT2D eigenvalue weighted by Gasteiger charge is -2.28. The summed E-state index contributed by atoms with van der Waals surface area (Å²) >= 11 is 6.13. The minimum absolute atomic E-state index is 0.162. The minimum Gasteiger partial charge on any atom is -0.372 e. The number of rotatable bonds is 1. The van der Waals surface area contributed by atoms with Gasteiger partial charge in [-0.15, -0.1) is 0 Å². The fourth-order valence-electron chi connectivity index (χ4n) is 2.77. The van der Waals surface area contributed by atoms with Gasteiger partial charge in [0.05, 0.1) is 0 Å². The SMILES string of the molecule is C=Cc1cc(Cl)c2c(c1)[C@@](O)(C(F)(F)F)c1ccccc1-2. The molecule has 2 aromatic carbocycles. The Balaban J connectivity index is 2.46. The van der Waals surface area contributed by atoms with Crippen molar-refractivity contribution in [1.82, 2.24) is 0 Å². The van der Waals surface area contributed by atoms with Crippen LogP contribution in [0.4, 0.5) is 13.2 Å². The van der Waals surface area contributed by atoms with Crippen LogP contribution in [0.5, 0.6) is 0 Å². The highest BCUT2D eigenvalue weighted by Crippen LogP contribution is 2.56. The molecule has 108 valence electrons. The predicted molar refractivity (Wildman–Crippen MR) is 76.0 cm³/mol. The maximum atomic E-state index is 13.6. The molecule has 1 aliphatic rings. The fourth-order valence-corrected chi connectivity index (χ4v) is 3.10. The van der Waals surface area contributed by atoms with Crippen LogP contribution in [0.3, 0.4) is 0 Å². The lowest BCUT2D eigenvalue weighted by Crippen LogP contribution is -2.41. The Bertz CT molecular complexity index is 752. The highest BCUT2D eigenvalue weighted by Gasteiger charge is 2.61. The summed E-state index contributed by atoms with van der Waals surface area (Å²) in [6.07, 6.45) is -3.45. The molecule has 0 aliphatic heterocycles. The number of benzene rings is 2. The van der Waals surface area contributed by atoms with Gasteiger partial charge in [-0.25, -0.2) is 0 Å². The highest BCUT2D eigenvalue weighted by molar-refractivity contribution is 6.34. The fraction of sp³-hybridized carbons (Fsp3) is 0.125. The van der Waals surface area contributed by atoms with Crippen molar-refractivity contribution >= 4 is 17.7 Å². The molecular weight excluding hydrogens is 301 g/mol. The van der Waals surface area contributed by atoms with Crippen LogP contribution in [-0.2, 0) is 5.60 Å². The van der Waals surface area contributed by atoms with Gasteiger partial charge in [0.2, 0.25) is 5.60 Å². The van der Waals surface area contributed by atoms with Gasteiger partial charge in [0.1, 0.15) is 0 Å². The zero-order valence-corrected chi connectivity index (χ0v) is 11.5. The zero-order valence-electron chi connectivity index (χ0n) is 10.7. The smallest absolute Gasteiger partial charge is 0.372 e. The minimum atomic E-state index is -4.85. The lowest BCUT2D eigenvalue weighted by molar-refractivity contribution is -0.246. The predicted octanol–water partition coefficient (Wildman–Crippen LogP) is 4.76. The molecule has 1 aliphatic carbocycles. The van der Waals surface area contributed by atoms with Crippen molar-refractivity contribution in [1.29, 1.82) is 0 Å². The molecule has 5 heteroatoms. The Morgan fingerprint density at radius 1 is 1.14 bits per heavy atom. The quantitative estimate of drug-likeness (QED) is 0.805. The van der Waals surface area contributed by atoms with E-state index >= 15 is 0 Å². The Morgan fingerprint density at radius 3 is 2.43 bits per heavy atom. The third kappa shape index (κ3) is 1.76. The Hall–Kier alpha value is -1.78. The van der Waals surface area contributed by atoms with E-state index in [0.717, 1.165) is 0 Å². The molecule has 0 fully saturated rings. The molecule has 3 rings (SSSR count). The molecule has 0 saturated carbocycles. The molecule has 0 radical (unpaired) electrons. The van der Waals surface area contributed by atoms with E-state index in [4.69, 9.17) is 11.6 Å². The lowest BCUT2D eigenvalue weighted by atomic mass is 9.90. The van der Waals surface area contributed by atoms with Crippen LogP contribution in [0.1, 0.15) is 16.7 Å². The molecule has 0 bridgehead atoms. The van der Waals surface area contributed by atoms with Crippen molar-refractivity contribution < 1.29 is 18.3 Å². The topological polar surface area (TPSA) is 20.2 Å². The van der Waals surface area contributed by atoms with E-state index in [-0.39, 0.29) is 21.7 Å². The second-order valence-corrected chi connectivity index (χ2v) is 5.29. The van der Waals surface area contributed by atoms with Gasteiger partial charge in [-0.1, -0.05) is 48.5 Å². The van der Waals surface area contributed by atoms with E-state index < -0.39 is 11.8 Å². The molecule has 1 nitrogen and oxygen atoms in total. The van der Waals surface area contributed by atoms with Crippen LogP contribution in [0.2, 0.25) is 5.02 Å². The number of hydrogen-bond donors (Lipinski definition) is 1. The van der Waals surface area contributed by atoms with Gasteiger partial charge in [0.25, 0.3) is 0 Å². The van der Waals surface area contributed by atoms with Gasteiger partial charge in [0, 0.05) is 21.7 Å².